The van der Waals surface area contributed by atoms with E-state index in [0.717, 1.165) is 24.0 Å². The van der Waals surface area contributed by atoms with Crippen molar-refractivity contribution in [2.45, 2.75) is 71.4 Å². The largest absolute Gasteiger partial charge is 0.333 e. The number of amides is 2. The highest BCUT2D eigenvalue weighted by Gasteiger charge is 2.43. The first-order valence-electron chi connectivity index (χ1n) is 13.4. The molecule has 1 unspecified atom stereocenters. The number of benzene rings is 2. The van der Waals surface area contributed by atoms with Crippen LogP contribution in [-0.4, -0.2) is 33.8 Å². The summed E-state index contributed by atoms with van der Waals surface area (Å²) in [5, 5.41) is 3.11. The highest BCUT2D eigenvalue weighted by molar-refractivity contribution is 5.85. The van der Waals surface area contributed by atoms with E-state index >= 15 is 0 Å². The van der Waals surface area contributed by atoms with Crippen LogP contribution in [0.2, 0.25) is 0 Å². The van der Waals surface area contributed by atoms with Gasteiger partial charge in [0.05, 0.1) is 0 Å². The zero-order chi connectivity index (χ0) is 26.2. The van der Waals surface area contributed by atoms with Crippen molar-refractivity contribution in [3.05, 3.63) is 88.7 Å². The van der Waals surface area contributed by atoms with Gasteiger partial charge in [-0.1, -0.05) is 42.5 Å². The topological polar surface area (TPSA) is 62.3 Å². The number of nitrogens with zero attached hydrogens (tertiary/aromatic N) is 2. The number of ketones is 1. The van der Waals surface area contributed by atoms with Gasteiger partial charge < -0.3 is 10.2 Å². The zero-order valence-corrected chi connectivity index (χ0v) is 22.4. The molecule has 37 heavy (non-hydrogen) atoms. The molecule has 1 saturated carbocycles. The Morgan fingerprint density at radius 2 is 1.84 bits per heavy atom. The Labute approximate surface area is 220 Å². The minimum atomic E-state index is -0.290. The molecule has 1 aromatic heterocycles. The molecule has 5 nitrogen and oxygen atoms in total. The summed E-state index contributed by atoms with van der Waals surface area (Å²) < 4.78 is 0. The first-order chi connectivity index (χ1) is 17.7. The first-order valence-corrected chi connectivity index (χ1v) is 13.4. The fourth-order valence-electron chi connectivity index (χ4n) is 5.58. The van der Waals surface area contributed by atoms with Crippen LogP contribution in [0.25, 0.3) is 11.1 Å². The summed E-state index contributed by atoms with van der Waals surface area (Å²) in [4.78, 5) is 32.4. The van der Waals surface area contributed by atoms with Gasteiger partial charge in [0.15, 0.2) is 0 Å². The predicted molar refractivity (Wildman–Crippen MR) is 147 cm³/mol. The molecule has 2 aromatic carbocycles. The van der Waals surface area contributed by atoms with Gasteiger partial charge >= 0.3 is 6.03 Å². The van der Waals surface area contributed by atoms with Crippen molar-refractivity contribution in [3.63, 3.8) is 0 Å². The molecular formula is C32H37N3O2. The van der Waals surface area contributed by atoms with E-state index in [2.05, 4.69) is 47.6 Å². The maximum atomic E-state index is 13.1. The van der Waals surface area contributed by atoms with Crippen LogP contribution in [0, 0.1) is 12.8 Å². The van der Waals surface area contributed by atoms with E-state index in [4.69, 9.17) is 0 Å². The molecule has 0 spiro atoms. The normalized spacial score (nSPS) is 18.8. The van der Waals surface area contributed by atoms with E-state index in [-0.39, 0.29) is 17.5 Å². The molecule has 0 bridgehead atoms. The second-order valence-electron chi connectivity index (χ2n) is 11.7. The Kier molecular flexibility index (Phi) is 6.89. The third-order valence-electron chi connectivity index (χ3n) is 7.54. The van der Waals surface area contributed by atoms with Crippen LogP contribution in [0.3, 0.4) is 0 Å². The molecule has 1 fully saturated rings. The van der Waals surface area contributed by atoms with Gasteiger partial charge in [-0.3, -0.25) is 9.78 Å². The Bertz CT molecular complexity index is 1310. The fraction of sp³-hybridized carbons (Fsp3) is 0.406. The summed E-state index contributed by atoms with van der Waals surface area (Å²) in [6, 6.07) is 16.9. The summed E-state index contributed by atoms with van der Waals surface area (Å²) >= 11 is 0. The third kappa shape index (κ3) is 5.76. The number of urea groups is 1. The van der Waals surface area contributed by atoms with E-state index in [9.17, 15) is 9.59 Å². The molecular weight excluding hydrogens is 458 g/mol. The molecule has 2 aliphatic rings. The lowest BCUT2D eigenvalue weighted by Crippen LogP contribution is -2.50. The molecule has 5 rings (SSSR count). The fourth-order valence-corrected chi connectivity index (χ4v) is 5.58. The molecule has 1 aliphatic carbocycles. The highest BCUT2D eigenvalue weighted by atomic mass is 16.2. The lowest BCUT2D eigenvalue weighted by Gasteiger charge is -2.34. The lowest BCUT2D eigenvalue weighted by molar-refractivity contribution is -0.120. The van der Waals surface area contributed by atoms with Gasteiger partial charge in [-0.05, 0) is 92.3 Å². The second-order valence-corrected chi connectivity index (χ2v) is 11.7. The molecule has 192 valence electrons. The molecule has 2 atom stereocenters. The van der Waals surface area contributed by atoms with Gasteiger partial charge in [0, 0.05) is 48.9 Å². The molecule has 0 radical (unpaired) electrons. The van der Waals surface area contributed by atoms with Gasteiger partial charge in [-0.15, -0.1) is 0 Å². The van der Waals surface area contributed by atoms with Crippen molar-refractivity contribution in [1.82, 2.24) is 15.2 Å². The van der Waals surface area contributed by atoms with Crippen LogP contribution in [-0.2, 0) is 24.2 Å². The van der Waals surface area contributed by atoms with E-state index in [1.165, 1.54) is 27.8 Å². The third-order valence-corrected chi connectivity index (χ3v) is 7.54. The van der Waals surface area contributed by atoms with E-state index in [0.29, 0.717) is 37.6 Å². The Morgan fingerprint density at radius 3 is 2.57 bits per heavy atom. The first kappa shape index (κ1) is 25.2. The van der Waals surface area contributed by atoms with Crippen LogP contribution in [0.5, 0.6) is 0 Å². The van der Waals surface area contributed by atoms with E-state index in [1.54, 1.807) is 0 Å². The standard InChI is InChI=1S/C32H37N3O2/c1-21-16-24(19-33-18-21)25-12-10-23(11-13-30(36)28-17-27(28)22-8-6-5-7-9-22)29-20-35(15-14-26(25)29)31(37)34-32(2,3)4/h5-10,12,16,18-19,27-28H,11,13-15,17,20H2,1-4H3,(H,34,37)/t27-,28?/m0/s1. The number of Topliss-reactive ketones (excluding diaryl/α,β-unsaturated/α-hetero) is 1. The maximum Gasteiger partial charge on any atom is 0.318 e. The Hall–Kier alpha value is -3.47. The smallest absolute Gasteiger partial charge is 0.318 e. The number of fused-ring (bicyclic) bond motifs is 1. The molecule has 0 saturated heterocycles. The van der Waals surface area contributed by atoms with Crippen LogP contribution in [0.4, 0.5) is 4.79 Å². The predicted octanol–water partition coefficient (Wildman–Crippen LogP) is 6.23. The van der Waals surface area contributed by atoms with Crippen LogP contribution >= 0.6 is 0 Å². The number of rotatable bonds is 6. The quantitative estimate of drug-likeness (QED) is 0.441. The molecule has 1 aliphatic heterocycles. The Morgan fingerprint density at radius 1 is 1.05 bits per heavy atom. The maximum absolute atomic E-state index is 13.1. The minimum absolute atomic E-state index is 0.0357. The van der Waals surface area contributed by atoms with Crippen molar-refractivity contribution in [1.29, 1.82) is 0 Å². The van der Waals surface area contributed by atoms with Crippen LogP contribution in [0.1, 0.15) is 67.3 Å². The molecule has 5 heteroatoms. The highest BCUT2D eigenvalue weighted by Crippen LogP contribution is 2.48. The van der Waals surface area contributed by atoms with Crippen LogP contribution in [0.15, 0.2) is 60.9 Å². The number of nitrogens with one attached hydrogen (secondary N) is 1. The van der Waals surface area contributed by atoms with E-state index < -0.39 is 0 Å². The van der Waals surface area contributed by atoms with Gasteiger partial charge in [0.25, 0.3) is 0 Å². The monoisotopic (exact) mass is 495 g/mol. The van der Waals surface area contributed by atoms with Crippen molar-refractivity contribution >= 4 is 11.8 Å². The summed E-state index contributed by atoms with van der Waals surface area (Å²) in [5.74, 6) is 0.869. The number of carbonyl (C=O) groups excluding carboxylic acids is 2. The number of hydrogen-bond donors (Lipinski definition) is 1. The number of aromatic nitrogens is 1. The summed E-state index contributed by atoms with van der Waals surface area (Å²) in [7, 11) is 0. The SMILES string of the molecule is Cc1cncc(-c2ccc(CCC(=O)C3C[C@H]3c3ccccc3)c3c2CCN(C(=O)NC(C)(C)C)C3)c1. The summed E-state index contributed by atoms with van der Waals surface area (Å²) in [6.07, 6.45) is 6.79. The van der Waals surface area contributed by atoms with Crippen LogP contribution < -0.4 is 5.32 Å². The molecule has 1 N–H and O–H groups in total. The molecule has 2 heterocycles. The average Bonchev–Trinajstić information content (AvgIpc) is 3.67. The molecule has 3 aromatic rings. The van der Waals surface area contributed by atoms with Crippen molar-refractivity contribution in [2.24, 2.45) is 5.92 Å². The summed E-state index contributed by atoms with van der Waals surface area (Å²) in [5.41, 5.74) is 8.05. The van der Waals surface area contributed by atoms with Crippen molar-refractivity contribution < 1.29 is 9.59 Å². The van der Waals surface area contributed by atoms with E-state index in [1.807, 2.05) is 56.3 Å². The Balaban J connectivity index is 1.38. The van der Waals surface area contributed by atoms with Crippen molar-refractivity contribution in [3.8, 4) is 11.1 Å². The minimum Gasteiger partial charge on any atom is -0.333 e. The number of carbonyl (C=O) groups is 2. The zero-order valence-electron chi connectivity index (χ0n) is 22.4. The lowest BCUT2D eigenvalue weighted by atomic mass is 9.86. The summed E-state index contributed by atoms with van der Waals surface area (Å²) in [6.45, 7) is 9.30. The van der Waals surface area contributed by atoms with Gasteiger partial charge in [-0.25, -0.2) is 4.79 Å². The second kappa shape index (κ2) is 10.1. The van der Waals surface area contributed by atoms with Gasteiger partial charge in [0.1, 0.15) is 5.78 Å². The average molecular weight is 496 g/mol. The number of hydrogen-bond acceptors (Lipinski definition) is 3. The van der Waals surface area contributed by atoms with Crippen molar-refractivity contribution in [2.75, 3.05) is 6.54 Å². The molecule has 2 amide bonds. The van der Waals surface area contributed by atoms with Gasteiger partial charge in [0.2, 0.25) is 0 Å². The number of pyridine rings is 1. The van der Waals surface area contributed by atoms with Gasteiger partial charge in [-0.2, -0.15) is 0 Å². The number of aryl methyl sites for hydroxylation is 2.